The molecule has 11 nitrogen and oxygen atoms in total. The van der Waals surface area contributed by atoms with Gasteiger partial charge < -0.3 is 4.57 Å². The number of rotatable bonds is 8. The van der Waals surface area contributed by atoms with Crippen molar-refractivity contribution in [2.75, 3.05) is 0 Å². The fourth-order valence-electron chi connectivity index (χ4n) is 10.5. The van der Waals surface area contributed by atoms with Crippen LogP contribution < -0.4 is 0 Å². The Morgan fingerprint density at radius 3 is 1.01 bits per heavy atom. The highest BCUT2D eigenvalue weighted by Gasteiger charge is 2.23. The zero-order chi connectivity index (χ0) is 49.4. The van der Waals surface area contributed by atoms with E-state index in [0.29, 0.717) is 35.2 Å². The Morgan fingerprint density at radius 2 is 0.560 bits per heavy atom. The molecule has 0 aliphatic carbocycles. The fraction of sp³-hybridized carbons (Fsp3) is 0. The van der Waals surface area contributed by atoms with Crippen LogP contribution in [0.2, 0.25) is 0 Å². The van der Waals surface area contributed by atoms with Gasteiger partial charge in [0.05, 0.1) is 55.5 Å². The third kappa shape index (κ3) is 6.97. The maximum atomic E-state index is 5.43. The molecule has 0 radical (unpaired) electrons. The summed E-state index contributed by atoms with van der Waals surface area (Å²) in [6, 6.07) is 80.5. The first kappa shape index (κ1) is 42.2. The van der Waals surface area contributed by atoms with Crippen LogP contribution in [-0.2, 0) is 0 Å². The molecular formula is C64H39N11. The van der Waals surface area contributed by atoms with Crippen LogP contribution in [0.3, 0.4) is 0 Å². The van der Waals surface area contributed by atoms with Crippen molar-refractivity contribution in [3.05, 3.63) is 237 Å². The fourth-order valence-corrected chi connectivity index (χ4v) is 10.5. The molecule has 0 fully saturated rings. The van der Waals surface area contributed by atoms with E-state index in [1.807, 2.05) is 140 Å². The molecule has 0 saturated carbocycles. The lowest BCUT2D eigenvalue weighted by atomic mass is 10.1. The summed E-state index contributed by atoms with van der Waals surface area (Å²) < 4.78 is 6.56. The van der Waals surface area contributed by atoms with Gasteiger partial charge >= 0.3 is 0 Å². The zero-order valence-corrected chi connectivity index (χ0v) is 39.9. The van der Waals surface area contributed by atoms with E-state index in [-0.39, 0.29) is 0 Å². The molecule has 7 heterocycles. The van der Waals surface area contributed by atoms with Crippen molar-refractivity contribution in [1.82, 2.24) is 53.6 Å². The Kier molecular flexibility index (Phi) is 9.60. The van der Waals surface area contributed by atoms with Gasteiger partial charge in [0.1, 0.15) is 0 Å². The normalized spacial score (nSPS) is 11.7. The summed E-state index contributed by atoms with van der Waals surface area (Å²) in [7, 11) is 0. The molecule has 0 N–H and O–H groups in total. The summed E-state index contributed by atoms with van der Waals surface area (Å²) in [5.41, 5.74) is 13.7. The Bertz CT molecular complexity index is 4590. The molecule has 0 aliphatic heterocycles. The number of fused-ring (bicyclic) bond motifs is 9. The number of hydrogen-bond donors (Lipinski definition) is 0. The van der Waals surface area contributed by atoms with E-state index in [1.54, 1.807) is 0 Å². The molecule has 0 unspecified atom stereocenters. The standard InChI is InChI=1S/C64H39N11/c1-5-19-40(20-6-1)59-67-60(41-21-7-2-8-22-41)70-63(69-59)74-51-30-16-13-27-45(51)48-39-44(33-36-54(48)74)73-52-31-17-14-28-46(52)57-55(73)37-34-49(65-57)50-35-38-56-58(66-50)47-29-15-18-32-53(47)75(56)64-71-61(42-23-9-3-10-24-42)68-62(72-64)43-25-11-4-12-26-43/h1-39H. The van der Waals surface area contributed by atoms with Gasteiger partial charge in [-0.2, -0.15) is 19.9 Å². The number of hydrogen-bond acceptors (Lipinski definition) is 8. The van der Waals surface area contributed by atoms with Crippen LogP contribution in [0.25, 0.3) is 140 Å². The van der Waals surface area contributed by atoms with Gasteiger partial charge in [-0.15, -0.1) is 0 Å². The molecule has 0 atom stereocenters. The van der Waals surface area contributed by atoms with Crippen LogP contribution in [0, 0.1) is 0 Å². The van der Waals surface area contributed by atoms with Gasteiger partial charge in [0.15, 0.2) is 23.3 Å². The zero-order valence-electron chi connectivity index (χ0n) is 39.9. The molecular weight excluding hydrogens is 923 g/mol. The van der Waals surface area contributed by atoms with Gasteiger partial charge in [-0.1, -0.05) is 176 Å². The Hall–Kier alpha value is -10.5. The molecule has 350 valence electrons. The van der Waals surface area contributed by atoms with E-state index in [1.165, 1.54) is 0 Å². The number of nitrogens with zero attached hydrogens (tertiary/aromatic N) is 11. The molecule has 0 spiro atoms. The summed E-state index contributed by atoms with van der Waals surface area (Å²) in [5, 5.41) is 4.18. The molecule has 0 bridgehead atoms. The van der Waals surface area contributed by atoms with Gasteiger partial charge in [-0.25, -0.2) is 19.9 Å². The van der Waals surface area contributed by atoms with Gasteiger partial charge in [0.2, 0.25) is 11.9 Å². The third-order valence-corrected chi connectivity index (χ3v) is 14.0. The lowest BCUT2D eigenvalue weighted by molar-refractivity contribution is 0.952. The third-order valence-electron chi connectivity index (χ3n) is 14.0. The molecule has 7 aromatic heterocycles. The van der Waals surface area contributed by atoms with E-state index in [0.717, 1.165) is 105 Å². The Morgan fingerprint density at radius 1 is 0.227 bits per heavy atom. The Balaban J connectivity index is 0.865. The molecule has 0 aliphatic rings. The van der Waals surface area contributed by atoms with E-state index < -0.39 is 0 Å². The van der Waals surface area contributed by atoms with Gasteiger partial charge in [0, 0.05) is 49.5 Å². The van der Waals surface area contributed by atoms with Crippen molar-refractivity contribution in [2.24, 2.45) is 0 Å². The minimum absolute atomic E-state index is 0.513. The lowest BCUT2D eigenvalue weighted by Gasteiger charge is -2.11. The van der Waals surface area contributed by atoms with E-state index in [4.69, 9.17) is 39.9 Å². The molecule has 8 aromatic carbocycles. The number of aromatic nitrogens is 11. The quantitative estimate of drug-likeness (QED) is 0.148. The van der Waals surface area contributed by atoms with Crippen LogP contribution in [-0.4, -0.2) is 53.6 Å². The molecule has 15 aromatic rings. The van der Waals surface area contributed by atoms with E-state index >= 15 is 0 Å². The minimum Gasteiger partial charge on any atom is -0.308 e. The first-order valence-electron chi connectivity index (χ1n) is 24.8. The maximum Gasteiger partial charge on any atom is 0.238 e. The number of benzene rings is 8. The summed E-state index contributed by atoms with van der Waals surface area (Å²) >= 11 is 0. The van der Waals surface area contributed by atoms with Crippen LogP contribution >= 0.6 is 0 Å². The average Bonchev–Trinajstić information content (AvgIpc) is 4.14. The highest BCUT2D eigenvalue weighted by molar-refractivity contribution is 6.12. The molecule has 0 saturated heterocycles. The van der Waals surface area contributed by atoms with Crippen molar-refractivity contribution in [3.8, 4) is 74.5 Å². The lowest BCUT2D eigenvalue weighted by Crippen LogP contribution is -2.06. The highest BCUT2D eigenvalue weighted by atomic mass is 15.2. The highest BCUT2D eigenvalue weighted by Crippen LogP contribution is 2.39. The van der Waals surface area contributed by atoms with Gasteiger partial charge in [0.25, 0.3) is 0 Å². The van der Waals surface area contributed by atoms with E-state index in [9.17, 15) is 0 Å². The van der Waals surface area contributed by atoms with Gasteiger partial charge in [-0.3, -0.25) is 9.13 Å². The average molecular weight is 962 g/mol. The molecule has 75 heavy (non-hydrogen) atoms. The van der Waals surface area contributed by atoms with Crippen LogP contribution in [0.15, 0.2) is 237 Å². The largest absolute Gasteiger partial charge is 0.308 e. The predicted molar refractivity (Wildman–Crippen MR) is 299 cm³/mol. The van der Waals surface area contributed by atoms with Crippen LogP contribution in [0.4, 0.5) is 0 Å². The van der Waals surface area contributed by atoms with Crippen molar-refractivity contribution >= 4 is 65.7 Å². The second-order valence-corrected chi connectivity index (χ2v) is 18.4. The van der Waals surface area contributed by atoms with Crippen molar-refractivity contribution in [2.45, 2.75) is 0 Å². The predicted octanol–water partition coefficient (Wildman–Crippen LogP) is 14.5. The maximum absolute atomic E-state index is 5.43. The van der Waals surface area contributed by atoms with Crippen molar-refractivity contribution in [1.29, 1.82) is 0 Å². The van der Waals surface area contributed by atoms with Crippen LogP contribution in [0.1, 0.15) is 0 Å². The second kappa shape index (κ2) is 17.1. The first-order valence-corrected chi connectivity index (χ1v) is 24.8. The number of pyridine rings is 2. The summed E-state index contributed by atoms with van der Waals surface area (Å²) in [5.74, 6) is 3.46. The van der Waals surface area contributed by atoms with E-state index in [2.05, 4.69) is 111 Å². The van der Waals surface area contributed by atoms with Gasteiger partial charge in [-0.05, 0) is 60.7 Å². The summed E-state index contributed by atoms with van der Waals surface area (Å²) in [4.78, 5) is 41.3. The second-order valence-electron chi connectivity index (χ2n) is 18.4. The summed E-state index contributed by atoms with van der Waals surface area (Å²) in [6.07, 6.45) is 0. The summed E-state index contributed by atoms with van der Waals surface area (Å²) in [6.45, 7) is 0. The van der Waals surface area contributed by atoms with Crippen molar-refractivity contribution in [3.63, 3.8) is 0 Å². The van der Waals surface area contributed by atoms with Crippen LogP contribution in [0.5, 0.6) is 0 Å². The molecule has 0 amide bonds. The topological polar surface area (TPSA) is 118 Å². The first-order chi connectivity index (χ1) is 37.2. The SMILES string of the molecule is c1ccc(-c2nc(-c3ccccc3)nc(-n3c4ccccc4c4cc(-n5c6ccccc6c6nc(-c7ccc8c(n7)c7ccccc7n8-c7nc(-c8ccccc8)nc(-c8ccccc8)n7)ccc65)ccc43)n2)cc1. The molecule has 11 heteroatoms. The number of para-hydroxylation sites is 3. The smallest absolute Gasteiger partial charge is 0.238 e. The Labute approximate surface area is 428 Å². The molecule has 15 rings (SSSR count). The minimum atomic E-state index is 0.513. The van der Waals surface area contributed by atoms with Crippen molar-refractivity contribution < 1.29 is 0 Å². The monoisotopic (exact) mass is 961 g/mol.